The maximum absolute atomic E-state index is 5.18. The molecule has 4 heterocycles. The van der Waals surface area contributed by atoms with E-state index >= 15 is 0 Å². The van der Waals surface area contributed by atoms with E-state index in [1.807, 2.05) is 18.3 Å². The number of aromatic nitrogens is 4. The molecule has 10 rings (SSSR count). The maximum Gasteiger partial charge on any atom is 0.166 e. The minimum atomic E-state index is 0.592. The van der Waals surface area contributed by atoms with Crippen LogP contribution in [0.2, 0.25) is 0 Å². The number of benzene rings is 6. The summed E-state index contributed by atoms with van der Waals surface area (Å²) in [5.41, 5.74) is 6.98. The topological polar surface area (TPSA) is 51.6 Å². The molecule has 0 saturated heterocycles. The van der Waals surface area contributed by atoms with Crippen LogP contribution in [0.3, 0.4) is 0 Å². The van der Waals surface area contributed by atoms with Gasteiger partial charge in [0.2, 0.25) is 0 Å². The normalized spacial score (nSPS) is 11.6. The quantitative estimate of drug-likeness (QED) is 0.182. The lowest BCUT2D eigenvalue weighted by Gasteiger charge is -2.12. The molecule has 0 aliphatic carbocycles. The van der Waals surface area contributed by atoms with Gasteiger partial charge in [-0.25, -0.2) is 15.0 Å². The van der Waals surface area contributed by atoms with Crippen molar-refractivity contribution in [1.82, 2.24) is 19.9 Å². The van der Waals surface area contributed by atoms with E-state index in [-0.39, 0.29) is 0 Å². The fourth-order valence-electron chi connectivity index (χ4n) is 6.80. The van der Waals surface area contributed by atoms with E-state index in [1.165, 1.54) is 45.9 Å². The van der Waals surface area contributed by atoms with Gasteiger partial charge in [0.1, 0.15) is 0 Å². The smallest absolute Gasteiger partial charge is 0.166 e. The molecule has 6 heteroatoms. The summed E-state index contributed by atoms with van der Waals surface area (Å²) in [5.74, 6) is 1.84. The summed E-state index contributed by atoms with van der Waals surface area (Å²) in [6.07, 6.45) is 1.85. The van der Waals surface area contributed by atoms with Crippen molar-refractivity contribution in [3.8, 4) is 56.5 Å². The standard InChI is InChI=1S/C44H26N4S2/c1-2-10-27(11-3-1)28-19-21-29(22-20-28)42-46-43(30-23-24-33-31-12-4-6-17-37(31)49-39(33)26-30)48-44(47-42)36-16-9-25-45-40(36)35-15-8-14-34-32-13-5-7-18-38(32)50-41(34)35/h1-26H. The molecule has 0 spiro atoms. The Hall–Kier alpha value is -6.08. The predicted molar refractivity (Wildman–Crippen MR) is 211 cm³/mol. The van der Waals surface area contributed by atoms with E-state index in [0.29, 0.717) is 17.5 Å². The molecule has 0 unspecified atom stereocenters. The molecule has 0 bridgehead atoms. The number of nitrogens with zero attached hydrogens (tertiary/aromatic N) is 4. The van der Waals surface area contributed by atoms with Gasteiger partial charge in [-0.15, -0.1) is 22.7 Å². The van der Waals surface area contributed by atoms with Crippen molar-refractivity contribution in [3.63, 3.8) is 0 Å². The molecular formula is C44H26N4S2. The Balaban J connectivity index is 1.17. The van der Waals surface area contributed by atoms with E-state index in [1.54, 1.807) is 22.7 Å². The molecular weight excluding hydrogens is 649 g/mol. The zero-order valence-corrected chi connectivity index (χ0v) is 28.2. The highest BCUT2D eigenvalue weighted by molar-refractivity contribution is 7.26. The molecule has 4 nitrogen and oxygen atoms in total. The Morgan fingerprint density at radius 1 is 0.360 bits per heavy atom. The third-order valence-electron chi connectivity index (χ3n) is 9.23. The third kappa shape index (κ3) is 4.88. The minimum Gasteiger partial charge on any atom is -0.255 e. The second-order valence-electron chi connectivity index (χ2n) is 12.2. The van der Waals surface area contributed by atoms with Gasteiger partial charge in [0, 0.05) is 68.8 Å². The van der Waals surface area contributed by atoms with Crippen molar-refractivity contribution in [2.45, 2.75) is 0 Å². The largest absolute Gasteiger partial charge is 0.255 e. The summed E-state index contributed by atoms with van der Waals surface area (Å²) in [4.78, 5) is 20.4. The molecule has 0 saturated carbocycles. The first-order chi connectivity index (χ1) is 24.8. The molecule has 4 aromatic heterocycles. The van der Waals surface area contributed by atoms with Gasteiger partial charge in [-0.05, 0) is 41.5 Å². The van der Waals surface area contributed by atoms with Gasteiger partial charge in [-0.2, -0.15) is 0 Å². The Morgan fingerprint density at radius 2 is 0.940 bits per heavy atom. The highest BCUT2D eigenvalue weighted by Gasteiger charge is 2.19. The van der Waals surface area contributed by atoms with Crippen molar-refractivity contribution in [2.24, 2.45) is 0 Å². The first kappa shape index (κ1) is 28.9. The molecule has 0 radical (unpaired) electrons. The predicted octanol–water partition coefficient (Wildman–Crippen LogP) is 12.3. The molecule has 0 aliphatic rings. The van der Waals surface area contributed by atoms with E-state index in [9.17, 15) is 0 Å². The summed E-state index contributed by atoms with van der Waals surface area (Å²) in [6.45, 7) is 0. The van der Waals surface area contributed by atoms with Crippen LogP contribution in [0.5, 0.6) is 0 Å². The number of thiophene rings is 2. The molecule has 0 amide bonds. The Bertz CT molecular complexity index is 2870. The number of rotatable bonds is 5. The third-order valence-corrected chi connectivity index (χ3v) is 11.6. The fourth-order valence-corrected chi connectivity index (χ4v) is 9.16. The van der Waals surface area contributed by atoms with E-state index in [0.717, 1.165) is 33.5 Å². The van der Waals surface area contributed by atoms with Gasteiger partial charge in [0.25, 0.3) is 0 Å². The number of pyridine rings is 1. The molecule has 10 aromatic rings. The highest BCUT2D eigenvalue weighted by atomic mass is 32.1. The van der Waals surface area contributed by atoms with Crippen molar-refractivity contribution in [1.29, 1.82) is 0 Å². The lowest BCUT2D eigenvalue weighted by molar-refractivity contribution is 1.07. The average molecular weight is 675 g/mol. The maximum atomic E-state index is 5.18. The summed E-state index contributed by atoms with van der Waals surface area (Å²) in [7, 11) is 0. The van der Waals surface area contributed by atoms with Crippen LogP contribution in [0.25, 0.3) is 96.9 Å². The molecule has 50 heavy (non-hydrogen) atoms. The summed E-state index contributed by atoms with van der Waals surface area (Å²) < 4.78 is 4.94. The van der Waals surface area contributed by atoms with E-state index < -0.39 is 0 Å². The Morgan fingerprint density at radius 3 is 1.76 bits per heavy atom. The van der Waals surface area contributed by atoms with Gasteiger partial charge in [-0.1, -0.05) is 121 Å². The van der Waals surface area contributed by atoms with Crippen LogP contribution in [0, 0.1) is 0 Å². The van der Waals surface area contributed by atoms with Crippen molar-refractivity contribution < 1.29 is 0 Å². The van der Waals surface area contributed by atoms with Gasteiger partial charge in [0.15, 0.2) is 17.5 Å². The zero-order valence-electron chi connectivity index (χ0n) is 26.6. The van der Waals surface area contributed by atoms with Crippen molar-refractivity contribution in [2.75, 3.05) is 0 Å². The van der Waals surface area contributed by atoms with Gasteiger partial charge >= 0.3 is 0 Å². The van der Waals surface area contributed by atoms with Crippen LogP contribution in [0.1, 0.15) is 0 Å². The second-order valence-corrected chi connectivity index (χ2v) is 14.4. The highest BCUT2D eigenvalue weighted by Crippen LogP contribution is 2.42. The Kier molecular flexibility index (Phi) is 6.82. The summed E-state index contributed by atoms with van der Waals surface area (Å²) in [6, 6.07) is 53.1. The fraction of sp³-hybridized carbons (Fsp3) is 0. The van der Waals surface area contributed by atoms with Crippen LogP contribution >= 0.6 is 22.7 Å². The molecule has 0 fully saturated rings. The lowest BCUT2D eigenvalue weighted by atomic mass is 10.0. The van der Waals surface area contributed by atoms with Crippen molar-refractivity contribution >= 4 is 63.0 Å². The van der Waals surface area contributed by atoms with Crippen molar-refractivity contribution in [3.05, 3.63) is 158 Å². The molecule has 6 aromatic carbocycles. The lowest BCUT2D eigenvalue weighted by Crippen LogP contribution is -2.01. The molecule has 0 atom stereocenters. The molecule has 234 valence electrons. The van der Waals surface area contributed by atoms with Crippen LogP contribution < -0.4 is 0 Å². The van der Waals surface area contributed by atoms with Crippen LogP contribution in [-0.4, -0.2) is 19.9 Å². The summed E-state index contributed by atoms with van der Waals surface area (Å²) in [5, 5.41) is 5.00. The van der Waals surface area contributed by atoms with E-state index in [4.69, 9.17) is 19.9 Å². The Labute approximate surface area is 296 Å². The second kappa shape index (κ2) is 11.8. The first-order valence-corrected chi connectivity index (χ1v) is 18.1. The number of hydrogen-bond donors (Lipinski definition) is 0. The molecule has 0 aliphatic heterocycles. The summed E-state index contributed by atoms with van der Waals surface area (Å²) >= 11 is 3.59. The SMILES string of the molecule is c1ccc(-c2ccc(-c3nc(-c4ccc5c(c4)sc4ccccc45)nc(-c4cccnc4-c4cccc5c4sc4ccccc45)n3)cc2)cc1. The number of hydrogen-bond acceptors (Lipinski definition) is 6. The van der Waals surface area contributed by atoms with Gasteiger partial charge in [-0.3, -0.25) is 4.98 Å². The van der Waals surface area contributed by atoms with Gasteiger partial charge in [0.05, 0.1) is 5.69 Å². The minimum absolute atomic E-state index is 0.592. The van der Waals surface area contributed by atoms with Crippen LogP contribution in [0.4, 0.5) is 0 Å². The molecule has 0 N–H and O–H groups in total. The van der Waals surface area contributed by atoms with Gasteiger partial charge < -0.3 is 0 Å². The van der Waals surface area contributed by atoms with Crippen LogP contribution in [-0.2, 0) is 0 Å². The zero-order chi connectivity index (χ0) is 33.0. The average Bonchev–Trinajstić information content (AvgIpc) is 3.76. The first-order valence-electron chi connectivity index (χ1n) is 16.5. The van der Waals surface area contributed by atoms with Crippen LogP contribution in [0.15, 0.2) is 158 Å². The number of fused-ring (bicyclic) bond motifs is 6. The van der Waals surface area contributed by atoms with E-state index in [2.05, 4.69) is 140 Å². The monoisotopic (exact) mass is 674 g/mol.